The molecule has 1 atom stereocenters. The molecule has 100 valence electrons. The predicted molar refractivity (Wildman–Crippen MR) is 63.0 cm³/mol. The zero-order chi connectivity index (χ0) is 14.0. The van der Waals surface area contributed by atoms with Gasteiger partial charge in [0.15, 0.2) is 0 Å². The monoisotopic (exact) mass is 266 g/mol. The number of hydrogen-bond donors (Lipinski definition) is 2. The number of carboxylic acid groups (broad SMARTS) is 1. The Hall–Kier alpha value is -2.64. The van der Waals surface area contributed by atoms with E-state index >= 15 is 0 Å². The van der Waals surface area contributed by atoms with E-state index in [0.29, 0.717) is 6.42 Å². The van der Waals surface area contributed by atoms with Gasteiger partial charge < -0.3 is 15.2 Å². The number of hydrogen-bond acceptors (Lipinski definition) is 6. The molecule has 0 radical (unpaired) electrons. The van der Waals surface area contributed by atoms with Crippen molar-refractivity contribution in [3.63, 3.8) is 0 Å². The minimum atomic E-state index is -1.25. The predicted octanol–water partition coefficient (Wildman–Crippen LogP) is 1.02. The molecule has 0 aromatic heterocycles. The highest BCUT2D eigenvalue weighted by Crippen LogP contribution is 2.27. The number of nitrogens with zero attached hydrogens (tertiary/aromatic N) is 1. The van der Waals surface area contributed by atoms with E-state index in [1.165, 1.54) is 12.1 Å². The first kappa shape index (κ1) is 12.8. The van der Waals surface area contributed by atoms with Crippen molar-refractivity contribution in [3.8, 4) is 0 Å². The number of nitro groups is 1. The summed E-state index contributed by atoms with van der Waals surface area (Å²) < 4.78 is 4.73. The quantitative estimate of drug-likeness (QED) is 0.474. The summed E-state index contributed by atoms with van der Waals surface area (Å²) in [6.45, 7) is 0.261. The van der Waals surface area contributed by atoms with Crippen LogP contribution in [0.15, 0.2) is 18.2 Å². The second-order valence-corrected chi connectivity index (χ2v) is 3.95. The van der Waals surface area contributed by atoms with Crippen molar-refractivity contribution in [1.82, 2.24) is 0 Å². The molecule has 0 bridgehead atoms. The van der Waals surface area contributed by atoms with E-state index in [9.17, 15) is 19.7 Å². The molecule has 8 heteroatoms. The highest BCUT2D eigenvalue weighted by atomic mass is 16.6. The lowest BCUT2D eigenvalue weighted by Crippen LogP contribution is -2.24. The van der Waals surface area contributed by atoms with Crippen LogP contribution in [0.1, 0.15) is 16.8 Å². The van der Waals surface area contributed by atoms with Gasteiger partial charge >= 0.3 is 11.9 Å². The van der Waals surface area contributed by atoms with E-state index in [-0.39, 0.29) is 23.5 Å². The maximum absolute atomic E-state index is 11.3. The number of carboxylic acids is 1. The molecular weight excluding hydrogens is 256 g/mol. The van der Waals surface area contributed by atoms with Gasteiger partial charge in [0.05, 0.1) is 17.1 Å². The Balaban J connectivity index is 2.31. The number of rotatable bonds is 4. The third-order valence-corrected chi connectivity index (χ3v) is 2.71. The van der Waals surface area contributed by atoms with Gasteiger partial charge in [-0.25, -0.2) is 9.59 Å². The Morgan fingerprint density at radius 1 is 1.53 bits per heavy atom. The second-order valence-electron chi connectivity index (χ2n) is 3.95. The zero-order valence-electron chi connectivity index (χ0n) is 9.66. The summed E-state index contributed by atoms with van der Waals surface area (Å²) in [6, 6.07) is 2.81. The minimum Gasteiger partial charge on any atom is -0.478 e. The van der Waals surface area contributed by atoms with E-state index in [0.717, 1.165) is 6.07 Å². The van der Waals surface area contributed by atoms with Crippen molar-refractivity contribution in [1.29, 1.82) is 0 Å². The molecular formula is C11H10N2O6. The first-order chi connectivity index (χ1) is 8.99. The van der Waals surface area contributed by atoms with Crippen molar-refractivity contribution in [2.24, 2.45) is 0 Å². The van der Waals surface area contributed by atoms with E-state index in [1.54, 1.807) is 0 Å². The van der Waals surface area contributed by atoms with Gasteiger partial charge in [-0.15, -0.1) is 0 Å². The Kier molecular flexibility index (Phi) is 3.32. The fourth-order valence-corrected chi connectivity index (χ4v) is 1.75. The standard InChI is InChI=1S/C11H10N2O6/c14-10(15)6-1-2-7(9(5-6)13(17)18)12-8-3-4-19-11(8)16/h1-2,5,8,12H,3-4H2,(H,14,15). The van der Waals surface area contributed by atoms with E-state index < -0.39 is 22.9 Å². The number of anilines is 1. The molecule has 1 aromatic rings. The van der Waals surface area contributed by atoms with Crippen LogP contribution in [-0.2, 0) is 9.53 Å². The first-order valence-electron chi connectivity index (χ1n) is 5.44. The smallest absolute Gasteiger partial charge is 0.335 e. The van der Waals surface area contributed by atoms with Crippen molar-refractivity contribution >= 4 is 23.3 Å². The fourth-order valence-electron chi connectivity index (χ4n) is 1.75. The molecule has 0 aliphatic carbocycles. The molecule has 1 fully saturated rings. The maximum atomic E-state index is 11.3. The van der Waals surface area contributed by atoms with Crippen LogP contribution in [-0.4, -0.2) is 34.6 Å². The number of carbonyl (C=O) groups is 2. The summed E-state index contributed by atoms with van der Waals surface area (Å²) >= 11 is 0. The van der Waals surface area contributed by atoms with Gasteiger partial charge in [0, 0.05) is 12.5 Å². The molecule has 8 nitrogen and oxygen atoms in total. The zero-order valence-corrected chi connectivity index (χ0v) is 9.66. The van der Waals surface area contributed by atoms with Gasteiger partial charge in [0.25, 0.3) is 5.69 Å². The molecule has 0 saturated carbocycles. The van der Waals surface area contributed by atoms with Crippen LogP contribution in [0.4, 0.5) is 11.4 Å². The number of ether oxygens (including phenoxy) is 1. The summed E-state index contributed by atoms with van der Waals surface area (Å²) in [5.74, 6) is -1.73. The SMILES string of the molecule is O=C(O)c1ccc(NC2CCOC2=O)c([N+](=O)[O-])c1. The lowest BCUT2D eigenvalue weighted by atomic mass is 10.1. The third-order valence-electron chi connectivity index (χ3n) is 2.71. The molecule has 2 rings (SSSR count). The average molecular weight is 266 g/mol. The maximum Gasteiger partial charge on any atom is 0.335 e. The van der Waals surface area contributed by atoms with Crippen molar-refractivity contribution < 1.29 is 24.4 Å². The summed E-state index contributed by atoms with van der Waals surface area (Å²) in [5.41, 5.74) is -0.482. The largest absolute Gasteiger partial charge is 0.478 e. The van der Waals surface area contributed by atoms with Crippen molar-refractivity contribution in [3.05, 3.63) is 33.9 Å². The van der Waals surface area contributed by atoms with Gasteiger partial charge in [-0.1, -0.05) is 0 Å². The molecule has 1 aliphatic rings. The number of nitro benzene ring substituents is 1. The summed E-state index contributed by atoms with van der Waals surface area (Å²) in [6.07, 6.45) is 0.413. The topological polar surface area (TPSA) is 119 Å². The Morgan fingerprint density at radius 3 is 2.79 bits per heavy atom. The third kappa shape index (κ3) is 2.62. The Morgan fingerprint density at radius 2 is 2.26 bits per heavy atom. The molecule has 1 aromatic carbocycles. The van der Waals surface area contributed by atoms with Gasteiger partial charge in [0.1, 0.15) is 11.7 Å². The Bertz CT molecular complexity index is 556. The Labute approximate surface area is 107 Å². The number of benzene rings is 1. The van der Waals surface area contributed by atoms with Crippen LogP contribution in [0.2, 0.25) is 0 Å². The second kappa shape index (κ2) is 4.92. The highest BCUT2D eigenvalue weighted by Gasteiger charge is 2.28. The molecule has 1 unspecified atom stereocenters. The number of cyclic esters (lactones) is 1. The van der Waals surface area contributed by atoms with Gasteiger partial charge in [0.2, 0.25) is 0 Å². The highest BCUT2D eigenvalue weighted by molar-refractivity contribution is 5.90. The van der Waals surface area contributed by atoms with Crippen molar-refractivity contribution in [2.75, 3.05) is 11.9 Å². The van der Waals surface area contributed by atoms with E-state index in [1.807, 2.05) is 0 Å². The average Bonchev–Trinajstić information content (AvgIpc) is 2.75. The van der Waals surface area contributed by atoms with Crippen LogP contribution in [0, 0.1) is 10.1 Å². The van der Waals surface area contributed by atoms with Crippen LogP contribution in [0.3, 0.4) is 0 Å². The van der Waals surface area contributed by atoms with E-state index in [4.69, 9.17) is 9.84 Å². The molecule has 2 N–H and O–H groups in total. The molecule has 19 heavy (non-hydrogen) atoms. The summed E-state index contributed by atoms with van der Waals surface area (Å²) in [7, 11) is 0. The lowest BCUT2D eigenvalue weighted by molar-refractivity contribution is -0.384. The van der Waals surface area contributed by atoms with Crippen LogP contribution < -0.4 is 5.32 Å². The fraction of sp³-hybridized carbons (Fsp3) is 0.273. The summed E-state index contributed by atoms with van der Waals surface area (Å²) in [4.78, 5) is 32.3. The molecule has 1 heterocycles. The molecule has 0 spiro atoms. The lowest BCUT2D eigenvalue weighted by Gasteiger charge is -2.10. The van der Waals surface area contributed by atoms with Crippen LogP contribution in [0.5, 0.6) is 0 Å². The number of esters is 1. The van der Waals surface area contributed by atoms with Gasteiger partial charge in [-0.3, -0.25) is 10.1 Å². The van der Waals surface area contributed by atoms with Crippen molar-refractivity contribution in [2.45, 2.75) is 12.5 Å². The normalized spacial score (nSPS) is 17.9. The number of aromatic carboxylic acids is 1. The number of carbonyl (C=O) groups excluding carboxylic acids is 1. The minimum absolute atomic E-state index is 0.0962. The van der Waals surface area contributed by atoms with E-state index in [2.05, 4.69) is 5.32 Å². The summed E-state index contributed by atoms with van der Waals surface area (Å²) in [5, 5.41) is 22.4. The first-order valence-corrected chi connectivity index (χ1v) is 5.44. The molecule has 0 amide bonds. The van der Waals surface area contributed by atoms with Crippen LogP contribution in [0.25, 0.3) is 0 Å². The van der Waals surface area contributed by atoms with Crippen LogP contribution >= 0.6 is 0 Å². The van der Waals surface area contributed by atoms with Gasteiger partial charge in [-0.05, 0) is 12.1 Å². The molecule has 1 aliphatic heterocycles. The molecule has 1 saturated heterocycles. The number of nitrogens with one attached hydrogen (secondary N) is 1. The van der Waals surface area contributed by atoms with Gasteiger partial charge in [-0.2, -0.15) is 0 Å².